The fourth-order valence-corrected chi connectivity index (χ4v) is 2.11. The van der Waals surface area contributed by atoms with Gasteiger partial charge in [0.2, 0.25) is 0 Å². The van der Waals surface area contributed by atoms with Gasteiger partial charge in [0.1, 0.15) is 18.0 Å². The van der Waals surface area contributed by atoms with Crippen LogP contribution in [0, 0.1) is 5.92 Å². The summed E-state index contributed by atoms with van der Waals surface area (Å²) >= 11 is 0. The maximum absolute atomic E-state index is 5.50. The van der Waals surface area contributed by atoms with Crippen molar-refractivity contribution in [3.63, 3.8) is 0 Å². The highest BCUT2D eigenvalue weighted by molar-refractivity contribution is 5.58. The van der Waals surface area contributed by atoms with E-state index in [1.54, 1.807) is 6.33 Å². The molecule has 1 aliphatic rings. The van der Waals surface area contributed by atoms with Gasteiger partial charge in [0, 0.05) is 19.2 Å². The van der Waals surface area contributed by atoms with Crippen molar-refractivity contribution in [2.45, 2.75) is 32.6 Å². The first-order valence-electron chi connectivity index (χ1n) is 6.27. The lowest BCUT2D eigenvalue weighted by atomic mass is 10.1. The van der Waals surface area contributed by atoms with Crippen LogP contribution >= 0.6 is 0 Å². The minimum atomic E-state index is 0.750. The smallest absolute Gasteiger partial charge is 0.148 e. The lowest BCUT2D eigenvalue weighted by Crippen LogP contribution is -2.24. The summed E-state index contributed by atoms with van der Waals surface area (Å²) in [7, 11) is 2.10. The van der Waals surface area contributed by atoms with E-state index in [0.29, 0.717) is 0 Å². The van der Waals surface area contributed by atoms with Gasteiger partial charge in [-0.1, -0.05) is 13.3 Å². The molecule has 2 rings (SSSR count). The average Bonchev–Trinajstić information content (AvgIpc) is 3.13. The molecule has 1 fully saturated rings. The third-order valence-corrected chi connectivity index (χ3v) is 3.15. The molecular formula is C12H21N5. The van der Waals surface area contributed by atoms with Crippen molar-refractivity contribution in [1.82, 2.24) is 9.97 Å². The molecule has 17 heavy (non-hydrogen) atoms. The molecule has 5 heteroatoms. The molecular weight excluding hydrogens is 214 g/mol. The Hall–Kier alpha value is -1.36. The Morgan fingerprint density at radius 2 is 2.24 bits per heavy atom. The minimum absolute atomic E-state index is 0.750. The molecule has 0 unspecified atom stereocenters. The molecule has 0 aliphatic heterocycles. The van der Waals surface area contributed by atoms with Crippen LogP contribution in [0.15, 0.2) is 6.33 Å². The summed E-state index contributed by atoms with van der Waals surface area (Å²) in [4.78, 5) is 10.8. The van der Waals surface area contributed by atoms with E-state index in [1.165, 1.54) is 12.8 Å². The molecule has 0 saturated heterocycles. The summed E-state index contributed by atoms with van der Waals surface area (Å²) in [6, 6.07) is 0. The SMILES string of the molecule is CCCc1c(NN)ncnc1N(C)CC1CC1. The van der Waals surface area contributed by atoms with Crippen molar-refractivity contribution in [3.05, 3.63) is 11.9 Å². The zero-order chi connectivity index (χ0) is 12.3. The molecule has 1 aromatic heterocycles. The second kappa shape index (κ2) is 5.31. The number of hydrazine groups is 1. The van der Waals surface area contributed by atoms with E-state index in [4.69, 9.17) is 5.84 Å². The number of nitrogen functional groups attached to an aromatic ring is 1. The first kappa shape index (κ1) is 12.1. The molecule has 1 aliphatic carbocycles. The van der Waals surface area contributed by atoms with Crippen LogP contribution in [0.2, 0.25) is 0 Å². The summed E-state index contributed by atoms with van der Waals surface area (Å²) in [5, 5.41) is 0. The highest BCUT2D eigenvalue weighted by Gasteiger charge is 2.24. The Labute approximate surface area is 102 Å². The van der Waals surface area contributed by atoms with Crippen molar-refractivity contribution >= 4 is 11.6 Å². The molecule has 1 heterocycles. The van der Waals surface area contributed by atoms with Gasteiger partial charge in [-0.2, -0.15) is 0 Å². The van der Waals surface area contributed by atoms with Crippen LogP contribution in [0.3, 0.4) is 0 Å². The van der Waals surface area contributed by atoms with Crippen molar-refractivity contribution in [1.29, 1.82) is 0 Å². The van der Waals surface area contributed by atoms with Crippen LogP contribution in [0.5, 0.6) is 0 Å². The lowest BCUT2D eigenvalue weighted by molar-refractivity contribution is 0.764. The molecule has 0 radical (unpaired) electrons. The summed E-state index contributed by atoms with van der Waals surface area (Å²) in [5.74, 6) is 8.12. The Bertz CT molecular complexity index is 375. The normalized spacial score (nSPS) is 14.8. The molecule has 0 atom stereocenters. The van der Waals surface area contributed by atoms with Gasteiger partial charge in [-0.25, -0.2) is 15.8 Å². The molecule has 0 aromatic carbocycles. The van der Waals surface area contributed by atoms with E-state index in [9.17, 15) is 0 Å². The van der Waals surface area contributed by atoms with Crippen molar-refractivity contribution < 1.29 is 0 Å². The molecule has 1 saturated carbocycles. The van der Waals surface area contributed by atoms with E-state index in [-0.39, 0.29) is 0 Å². The quantitative estimate of drug-likeness (QED) is 0.578. The predicted octanol–water partition coefficient (Wildman–Crippen LogP) is 1.56. The Balaban J connectivity index is 2.22. The van der Waals surface area contributed by atoms with Crippen LogP contribution in [0.4, 0.5) is 11.6 Å². The van der Waals surface area contributed by atoms with Crippen LogP contribution in [0.1, 0.15) is 31.7 Å². The Morgan fingerprint density at radius 3 is 2.82 bits per heavy atom. The Morgan fingerprint density at radius 1 is 1.47 bits per heavy atom. The van der Waals surface area contributed by atoms with Crippen molar-refractivity contribution in [2.75, 3.05) is 23.9 Å². The van der Waals surface area contributed by atoms with Crippen molar-refractivity contribution in [3.8, 4) is 0 Å². The first-order chi connectivity index (χ1) is 8.26. The summed E-state index contributed by atoms with van der Waals surface area (Å²) in [5.41, 5.74) is 3.79. The summed E-state index contributed by atoms with van der Waals surface area (Å²) in [6.07, 6.45) is 6.28. The van der Waals surface area contributed by atoms with Crippen molar-refractivity contribution in [2.24, 2.45) is 11.8 Å². The van der Waals surface area contributed by atoms with E-state index < -0.39 is 0 Å². The highest BCUT2D eigenvalue weighted by atomic mass is 15.3. The van der Waals surface area contributed by atoms with Gasteiger partial charge >= 0.3 is 0 Å². The third-order valence-electron chi connectivity index (χ3n) is 3.15. The summed E-state index contributed by atoms with van der Waals surface area (Å²) < 4.78 is 0. The second-order valence-corrected chi connectivity index (χ2v) is 4.74. The van der Waals surface area contributed by atoms with Gasteiger partial charge in [0.05, 0.1) is 0 Å². The van der Waals surface area contributed by atoms with Gasteiger partial charge in [-0.15, -0.1) is 0 Å². The van der Waals surface area contributed by atoms with E-state index in [0.717, 1.165) is 42.5 Å². The Kier molecular flexibility index (Phi) is 3.78. The largest absolute Gasteiger partial charge is 0.359 e. The highest BCUT2D eigenvalue weighted by Crippen LogP contribution is 2.32. The fourth-order valence-electron chi connectivity index (χ4n) is 2.11. The number of anilines is 2. The standard InChI is InChI=1S/C12H21N5/c1-3-4-10-11(16-13)14-8-15-12(10)17(2)7-9-5-6-9/h8-9H,3-7,13H2,1-2H3,(H,14,15,16). The maximum Gasteiger partial charge on any atom is 0.148 e. The fraction of sp³-hybridized carbons (Fsp3) is 0.667. The number of nitrogens with one attached hydrogen (secondary N) is 1. The van der Waals surface area contributed by atoms with Gasteiger partial charge in [0.25, 0.3) is 0 Å². The first-order valence-corrected chi connectivity index (χ1v) is 6.27. The minimum Gasteiger partial charge on any atom is -0.359 e. The van der Waals surface area contributed by atoms with Crippen LogP contribution < -0.4 is 16.2 Å². The number of rotatable bonds is 6. The maximum atomic E-state index is 5.50. The monoisotopic (exact) mass is 235 g/mol. The van der Waals surface area contributed by atoms with Gasteiger partial charge in [-0.05, 0) is 25.2 Å². The average molecular weight is 235 g/mol. The van der Waals surface area contributed by atoms with Crippen LogP contribution in [-0.4, -0.2) is 23.6 Å². The number of hydrogen-bond acceptors (Lipinski definition) is 5. The van der Waals surface area contributed by atoms with E-state index in [2.05, 4.69) is 34.3 Å². The van der Waals surface area contributed by atoms with Crippen LogP contribution in [-0.2, 0) is 6.42 Å². The predicted molar refractivity (Wildman–Crippen MR) is 69.8 cm³/mol. The number of aromatic nitrogens is 2. The van der Waals surface area contributed by atoms with E-state index >= 15 is 0 Å². The lowest BCUT2D eigenvalue weighted by Gasteiger charge is -2.22. The number of nitrogens with two attached hydrogens (primary N) is 1. The number of nitrogens with zero attached hydrogens (tertiary/aromatic N) is 3. The molecule has 0 spiro atoms. The molecule has 0 bridgehead atoms. The summed E-state index contributed by atoms with van der Waals surface area (Å²) in [6.45, 7) is 3.23. The zero-order valence-electron chi connectivity index (χ0n) is 10.6. The molecule has 94 valence electrons. The molecule has 0 amide bonds. The topological polar surface area (TPSA) is 67.1 Å². The molecule has 1 aromatic rings. The van der Waals surface area contributed by atoms with Gasteiger partial charge in [0.15, 0.2) is 0 Å². The zero-order valence-corrected chi connectivity index (χ0v) is 10.6. The second-order valence-electron chi connectivity index (χ2n) is 4.74. The van der Waals surface area contributed by atoms with E-state index in [1.807, 2.05) is 0 Å². The molecule has 5 nitrogen and oxygen atoms in total. The van der Waals surface area contributed by atoms with Gasteiger partial charge < -0.3 is 10.3 Å². The van der Waals surface area contributed by atoms with Crippen LogP contribution in [0.25, 0.3) is 0 Å². The number of hydrogen-bond donors (Lipinski definition) is 2. The molecule has 3 N–H and O–H groups in total. The van der Waals surface area contributed by atoms with Gasteiger partial charge in [-0.3, -0.25) is 0 Å². The third kappa shape index (κ3) is 2.85.